The number of hydrogen-bond acceptors (Lipinski definition) is 5. The molecule has 7 nitrogen and oxygen atoms in total. The summed E-state index contributed by atoms with van der Waals surface area (Å²) in [5.41, 5.74) is -2.25. The van der Waals surface area contributed by atoms with Crippen LogP contribution in [0.25, 0.3) is 0 Å². The summed E-state index contributed by atoms with van der Waals surface area (Å²) >= 11 is 11.6. The summed E-state index contributed by atoms with van der Waals surface area (Å²) in [6, 6.07) is 3.68. The van der Waals surface area contributed by atoms with Crippen molar-refractivity contribution < 1.29 is 33.7 Å². The first kappa shape index (κ1) is 17.9. The van der Waals surface area contributed by atoms with Crippen LogP contribution in [0.3, 0.4) is 0 Å². The molecule has 0 saturated heterocycles. The number of aliphatic carboxylic acids is 2. The first-order chi connectivity index (χ1) is 11.5. The molecule has 25 heavy (non-hydrogen) atoms. The van der Waals surface area contributed by atoms with Crippen LogP contribution in [-0.2, 0) is 14.3 Å². The number of halogens is 3. The van der Waals surface area contributed by atoms with Gasteiger partial charge in [0.05, 0.1) is 21.5 Å². The smallest absolute Gasteiger partial charge is 0.346 e. The number of carbonyl (C=O) groups excluding carboxylic acids is 1. The Morgan fingerprint density at radius 3 is 2.32 bits per heavy atom. The normalized spacial score (nSPS) is 35.8. The molecule has 2 fully saturated rings. The third-order valence-electron chi connectivity index (χ3n) is 5.02. The Morgan fingerprint density at radius 1 is 1.20 bits per heavy atom. The van der Waals surface area contributed by atoms with Crippen molar-refractivity contribution in [3.63, 3.8) is 0 Å². The molecule has 2 aliphatic rings. The summed E-state index contributed by atoms with van der Waals surface area (Å²) in [5, 5.41) is 18.8. The predicted octanol–water partition coefficient (Wildman–Crippen LogP) is 1.89. The van der Waals surface area contributed by atoms with Gasteiger partial charge in [-0.25, -0.2) is 14.0 Å². The van der Waals surface area contributed by atoms with E-state index in [2.05, 4.69) is 0 Å². The van der Waals surface area contributed by atoms with Crippen LogP contribution in [0.15, 0.2) is 18.2 Å². The number of nitrogens with two attached hydrogens (primary N) is 1. The summed E-state index contributed by atoms with van der Waals surface area (Å²) in [5.74, 6) is -6.04. The van der Waals surface area contributed by atoms with Crippen molar-refractivity contribution in [2.75, 3.05) is 0 Å². The summed E-state index contributed by atoms with van der Waals surface area (Å²) in [6.07, 6.45) is -0.360. The van der Waals surface area contributed by atoms with Gasteiger partial charge in [0, 0.05) is 0 Å². The molecule has 0 amide bonds. The van der Waals surface area contributed by atoms with Crippen molar-refractivity contribution in [3.8, 4) is 0 Å². The summed E-state index contributed by atoms with van der Waals surface area (Å²) in [4.78, 5) is 35.3. The zero-order valence-corrected chi connectivity index (χ0v) is 14.0. The third-order valence-corrected chi connectivity index (χ3v) is 5.76. The molecule has 0 unspecified atom stereocenters. The number of hydrogen-bond donors (Lipinski definition) is 3. The van der Waals surface area contributed by atoms with Gasteiger partial charge in [-0.05, 0) is 31.0 Å². The lowest BCUT2D eigenvalue weighted by atomic mass is 9.87. The van der Waals surface area contributed by atoms with Crippen LogP contribution in [-0.4, -0.2) is 44.9 Å². The molecule has 0 bridgehead atoms. The Morgan fingerprint density at radius 2 is 1.84 bits per heavy atom. The number of carboxylic acid groups (broad SMARTS) is 2. The number of esters is 1. The van der Waals surface area contributed by atoms with Crippen LogP contribution in [0.5, 0.6) is 0 Å². The molecule has 1 aromatic rings. The lowest BCUT2D eigenvalue weighted by molar-refractivity contribution is -0.158. The summed E-state index contributed by atoms with van der Waals surface area (Å²) < 4.78 is 20.1. The highest BCUT2D eigenvalue weighted by molar-refractivity contribution is 6.42. The minimum Gasteiger partial charge on any atom is -0.480 e. The molecule has 0 heterocycles. The van der Waals surface area contributed by atoms with Gasteiger partial charge in [-0.1, -0.05) is 23.2 Å². The monoisotopic (exact) mass is 391 g/mol. The Labute approximate surface area is 150 Å². The molecule has 0 aliphatic heterocycles. The minimum absolute atomic E-state index is 0.0226. The maximum atomic E-state index is 15.0. The Bertz CT molecular complexity index is 819. The van der Waals surface area contributed by atoms with Crippen LogP contribution in [0.1, 0.15) is 23.2 Å². The number of carbonyl (C=O) groups is 3. The van der Waals surface area contributed by atoms with Gasteiger partial charge in [0.25, 0.3) is 5.67 Å². The second-order valence-electron chi connectivity index (χ2n) is 6.14. The van der Waals surface area contributed by atoms with Gasteiger partial charge in [-0.15, -0.1) is 0 Å². The molecule has 0 radical (unpaired) electrons. The highest BCUT2D eigenvalue weighted by Gasteiger charge is 2.96. The summed E-state index contributed by atoms with van der Waals surface area (Å²) in [6.45, 7) is 0. The SMILES string of the molecule is N[C@]1(C(=O)O)CC[C@@H]2[C@]1(OC(=O)c1ccc(Cl)c(Cl)c1)[C@@]2(F)C(=O)O. The largest absolute Gasteiger partial charge is 0.480 e. The van der Waals surface area contributed by atoms with E-state index in [1.165, 1.54) is 12.1 Å². The zero-order valence-electron chi connectivity index (χ0n) is 12.5. The molecule has 134 valence electrons. The molecular weight excluding hydrogens is 380 g/mol. The average Bonchev–Trinajstić information content (AvgIpc) is 2.91. The molecule has 2 aliphatic carbocycles. The Balaban J connectivity index is 2.02. The average molecular weight is 392 g/mol. The number of fused-ring (bicyclic) bond motifs is 1. The summed E-state index contributed by atoms with van der Waals surface area (Å²) in [7, 11) is 0. The fourth-order valence-corrected chi connectivity index (χ4v) is 4.02. The van der Waals surface area contributed by atoms with Gasteiger partial charge in [0.1, 0.15) is 0 Å². The van der Waals surface area contributed by atoms with Gasteiger partial charge in [0.2, 0.25) is 0 Å². The fraction of sp³-hybridized carbons (Fsp3) is 0.400. The van der Waals surface area contributed by atoms with E-state index >= 15 is 0 Å². The molecule has 4 atom stereocenters. The molecule has 2 saturated carbocycles. The van der Waals surface area contributed by atoms with Crippen molar-refractivity contribution in [3.05, 3.63) is 33.8 Å². The predicted molar refractivity (Wildman–Crippen MR) is 83.4 cm³/mol. The fourth-order valence-electron chi connectivity index (χ4n) is 3.72. The van der Waals surface area contributed by atoms with E-state index < -0.39 is 40.6 Å². The van der Waals surface area contributed by atoms with Gasteiger partial charge in [0.15, 0.2) is 11.1 Å². The molecule has 0 aromatic heterocycles. The van der Waals surface area contributed by atoms with Crippen LogP contribution < -0.4 is 5.73 Å². The molecule has 4 N–H and O–H groups in total. The van der Waals surface area contributed by atoms with Crippen molar-refractivity contribution in [2.24, 2.45) is 11.7 Å². The van der Waals surface area contributed by atoms with Crippen LogP contribution in [0.2, 0.25) is 10.0 Å². The maximum Gasteiger partial charge on any atom is 0.346 e. The lowest BCUT2D eigenvalue weighted by Gasteiger charge is -2.32. The van der Waals surface area contributed by atoms with Crippen LogP contribution in [0.4, 0.5) is 4.39 Å². The number of alkyl halides is 1. The highest BCUT2D eigenvalue weighted by atomic mass is 35.5. The standard InChI is InChI=1S/C15H12Cl2FNO6/c16-7-2-1-6(5-8(7)17)10(20)25-15-9(14(15,18)12(23)24)3-4-13(15,19)11(21)22/h1-2,5,9H,3-4,19H2,(H,21,22)(H,23,24)/t9-,13-,14-,15+/m0/s1. The van der Waals surface area contributed by atoms with Gasteiger partial charge in [-0.2, -0.15) is 0 Å². The highest BCUT2D eigenvalue weighted by Crippen LogP contribution is 2.71. The van der Waals surface area contributed by atoms with E-state index in [1.807, 2.05) is 0 Å². The topological polar surface area (TPSA) is 127 Å². The maximum absolute atomic E-state index is 15.0. The number of ether oxygens (including phenoxy) is 1. The zero-order chi connectivity index (χ0) is 18.8. The van der Waals surface area contributed by atoms with Crippen molar-refractivity contribution in [2.45, 2.75) is 29.7 Å². The van der Waals surface area contributed by atoms with Crippen molar-refractivity contribution in [1.82, 2.24) is 0 Å². The minimum atomic E-state index is -3.07. The number of benzene rings is 1. The van der Waals surface area contributed by atoms with E-state index in [0.717, 1.165) is 6.07 Å². The van der Waals surface area contributed by atoms with Crippen LogP contribution >= 0.6 is 23.2 Å². The number of carboxylic acids is 2. The molecule has 3 rings (SSSR count). The van der Waals surface area contributed by atoms with E-state index in [1.54, 1.807) is 0 Å². The molecule has 10 heteroatoms. The quantitative estimate of drug-likeness (QED) is 0.668. The van der Waals surface area contributed by atoms with Gasteiger partial charge >= 0.3 is 17.9 Å². The second-order valence-corrected chi connectivity index (χ2v) is 6.95. The van der Waals surface area contributed by atoms with Crippen LogP contribution in [0, 0.1) is 5.92 Å². The van der Waals surface area contributed by atoms with Crippen molar-refractivity contribution >= 4 is 41.1 Å². The van der Waals surface area contributed by atoms with Crippen molar-refractivity contribution in [1.29, 1.82) is 0 Å². The Hall–Kier alpha value is -1.90. The molecule has 1 aromatic carbocycles. The van der Waals surface area contributed by atoms with Gasteiger partial charge in [-0.3, -0.25) is 4.79 Å². The second kappa shape index (κ2) is 5.30. The first-order valence-corrected chi connectivity index (χ1v) is 7.91. The van der Waals surface area contributed by atoms with Gasteiger partial charge < -0.3 is 20.7 Å². The van der Waals surface area contributed by atoms with E-state index in [9.17, 15) is 29.0 Å². The molecule has 0 spiro atoms. The van der Waals surface area contributed by atoms with E-state index in [4.69, 9.17) is 33.7 Å². The molecular formula is C15H12Cl2FNO6. The van der Waals surface area contributed by atoms with E-state index in [-0.39, 0.29) is 28.5 Å². The lowest BCUT2D eigenvalue weighted by Crippen LogP contribution is -2.63. The number of rotatable bonds is 4. The van der Waals surface area contributed by atoms with E-state index in [0.29, 0.717) is 0 Å². The Kier molecular flexibility index (Phi) is 3.79. The third kappa shape index (κ3) is 2.04. The first-order valence-electron chi connectivity index (χ1n) is 7.15.